The van der Waals surface area contributed by atoms with Gasteiger partial charge in [0.05, 0.1) is 0 Å². The van der Waals surface area contributed by atoms with Crippen LogP contribution in [0.2, 0.25) is 0 Å². The minimum Gasteiger partial charge on any atom is -0.382 e. The third-order valence-corrected chi connectivity index (χ3v) is 3.66. The van der Waals surface area contributed by atoms with Gasteiger partial charge in [-0.05, 0) is 10.8 Å². The summed E-state index contributed by atoms with van der Waals surface area (Å²) in [5.41, 5.74) is 7.80. The van der Waals surface area contributed by atoms with Crippen LogP contribution in [0.25, 0.3) is 22.0 Å². The molecule has 0 bridgehead atoms. The van der Waals surface area contributed by atoms with Crippen molar-refractivity contribution in [3.8, 4) is 11.3 Å². The van der Waals surface area contributed by atoms with Gasteiger partial charge in [0.25, 0.3) is 0 Å². The van der Waals surface area contributed by atoms with Crippen LogP contribution < -0.4 is 11.6 Å². The Bertz CT molecular complexity index is 804. The lowest BCUT2D eigenvalue weighted by Gasteiger charge is -2.17. The van der Waals surface area contributed by atoms with Gasteiger partial charge in [-0.3, -0.25) is 0 Å². The zero-order valence-corrected chi connectivity index (χ0v) is 12.6. The molecule has 3 rings (SSSR count). The summed E-state index contributed by atoms with van der Waals surface area (Å²) in [5.74, 6) is 7.38. The minimum atomic E-state index is -0.161. The quantitative estimate of drug-likeness (QED) is 0.672. The molecule has 4 N–H and O–H groups in total. The van der Waals surface area contributed by atoms with E-state index in [1.807, 2.05) is 24.3 Å². The van der Waals surface area contributed by atoms with Crippen LogP contribution in [0.5, 0.6) is 0 Å². The molecule has 0 unspecified atom stereocenters. The Labute approximate surface area is 124 Å². The van der Waals surface area contributed by atoms with Gasteiger partial charge in [-0.1, -0.05) is 63.2 Å². The molecule has 0 amide bonds. The largest absolute Gasteiger partial charge is 0.382 e. The van der Waals surface area contributed by atoms with Crippen LogP contribution in [0.15, 0.2) is 42.5 Å². The highest BCUT2D eigenvalue weighted by molar-refractivity contribution is 5.97. The highest BCUT2D eigenvalue weighted by atomic mass is 15.4. The Morgan fingerprint density at radius 2 is 1.67 bits per heavy atom. The standard InChI is InChI=1S/C17H20N4/c1-17(2,3)16-20-14(15(18)21(16)19)13-10-6-8-11-7-4-5-9-12(11)13/h4-10H,18-19H2,1-3H3. The van der Waals surface area contributed by atoms with E-state index in [-0.39, 0.29) is 5.41 Å². The second-order valence-corrected chi connectivity index (χ2v) is 6.32. The number of nitrogens with zero attached hydrogens (tertiary/aromatic N) is 2. The number of hydrogen-bond donors (Lipinski definition) is 2. The van der Waals surface area contributed by atoms with E-state index in [0.29, 0.717) is 5.82 Å². The number of anilines is 1. The van der Waals surface area contributed by atoms with Crippen molar-refractivity contribution >= 4 is 16.6 Å². The van der Waals surface area contributed by atoms with E-state index < -0.39 is 0 Å². The molecule has 0 saturated heterocycles. The number of fused-ring (bicyclic) bond motifs is 1. The predicted octanol–water partition coefficient (Wildman–Crippen LogP) is 3.30. The van der Waals surface area contributed by atoms with Crippen molar-refractivity contribution in [2.45, 2.75) is 26.2 Å². The van der Waals surface area contributed by atoms with Crippen LogP contribution >= 0.6 is 0 Å². The van der Waals surface area contributed by atoms with Gasteiger partial charge in [0, 0.05) is 11.0 Å². The molecule has 21 heavy (non-hydrogen) atoms. The first kappa shape index (κ1) is 13.5. The van der Waals surface area contributed by atoms with E-state index in [1.165, 1.54) is 10.1 Å². The summed E-state index contributed by atoms with van der Waals surface area (Å²) in [6, 6.07) is 14.3. The SMILES string of the molecule is CC(C)(C)c1nc(-c2cccc3ccccc23)c(N)n1N. The number of hydrogen-bond acceptors (Lipinski definition) is 3. The van der Waals surface area contributed by atoms with Crippen molar-refractivity contribution in [3.05, 3.63) is 48.3 Å². The fraction of sp³-hybridized carbons (Fsp3) is 0.235. The molecular formula is C17H20N4. The molecule has 0 spiro atoms. The van der Waals surface area contributed by atoms with Gasteiger partial charge in [0.15, 0.2) is 5.82 Å². The molecule has 0 aliphatic heterocycles. The first-order chi connectivity index (χ1) is 9.89. The second kappa shape index (κ2) is 4.52. The summed E-state index contributed by atoms with van der Waals surface area (Å²) in [7, 11) is 0. The summed E-state index contributed by atoms with van der Waals surface area (Å²) in [4.78, 5) is 4.71. The molecule has 3 aromatic rings. The molecule has 4 nitrogen and oxygen atoms in total. The molecule has 0 atom stereocenters. The first-order valence-corrected chi connectivity index (χ1v) is 7.01. The molecule has 1 heterocycles. The lowest BCUT2D eigenvalue weighted by molar-refractivity contribution is 0.532. The molecule has 0 aliphatic carbocycles. The molecule has 0 fully saturated rings. The van der Waals surface area contributed by atoms with E-state index in [9.17, 15) is 0 Å². The number of nitrogens with two attached hydrogens (primary N) is 2. The minimum absolute atomic E-state index is 0.161. The van der Waals surface area contributed by atoms with Crippen LogP contribution in [0.3, 0.4) is 0 Å². The Hall–Kier alpha value is -2.49. The maximum atomic E-state index is 6.20. The number of imidazole rings is 1. The van der Waals surface area contributed by atoms with E-state index in [0.717, 1.165) is 22.5 Å². The zero-order chi connectivity index (χ0) is 15.2. The zero-order valence-electron chi connectivity index (χ0n) is 12.6. The fourth-order valence-electron chi connectivity index (χ4n) is 2.60. The van der Waals surface area contributed by atoms with Gasteiger partial charge in [0.1, 0.15) is 11.5 Å². The Morgan fingerprint density at radius 3 is 2.33 bits per heavy atom. The smallest absolute Gasteiger partial charge is 0.150 e. The van der Waals surface area contributed by atoms with E-state index in [1.54, 1.807) is 0 Å². The van der Waals surface area contributed by atoms with Crippen molar-refractivity contribution in [3.63, 3.8) is 0 Å². The van der Waals surface area contributed by atoms with Crippen molar-refractivity contribution < 1.29 is 0 Å². The maximum absolute atomic E-state index is 6.20. The van der Waals surface area contributed by atoms with Crippen molar-refractivity contribution in [2.24, 2.45) is 0 Å². The molecule has 1 aromatic heterocycles. The Kier molecular flexibility index (Phi) is 2.90. The predicted molar refractivity (Wildman–Crippen MR) is 88.4 cm³/mol. The second-order valence-electron chi connectivity index (χ2n) is 6.32. The average molecular weight is 280 g/mol. The van der Waals surface area contributed by atoms with Crippen LogP contribution in [0.1, 0.15) is 26.6 Å². The lowest BCUT2D eigenvalue weighted by Crippen LogP contribution is -2.24. The van der Waals surface area contributed by atoms with Gasteiger partial charge in [-0.2, -0.15) is 0 Å². The van der Waals surface area contributed by atoms with Crippen molar-refractivity contribution in [1.29, 1.82) is 0 Å². The fourth-order valence-corrected chi connectivity index (χ4v) is 2.60. The summed E-state index contributed by atoms with van der Waals surface area (Å²) in [5, 5.41) is 2.29. The summed E-state index contributed by atoms with van der Waals surface area (Å²) < 4.78 is 1.50. The molecular weight excluding hydrogens is 260 g/mol. The van der Waals surface area contributed by atoms with Crippen molar-refractivity contribution in [2.75, 3.05) is 11.6 Å². The van der Waals surface area contributed by atoms with Crippen LogP contribution in [-0.4, -0.2) is 9.66 Å². The first-order valence-electron chi connectivity index (χ1n) is 7.01. The number of benzene rings is 2. The summed E-state index contributed by atoms with van der Waals surface area (Å²) in [6.07, 6.45) is 0. The lowest BCUT2D eigenvalue weighted by atomic mass is 9.96. The highest BCUT2D eigenvalue weighted by Crippen LogP contribution is 2.34. The van der Waals surface area contributed by atoms with Gasteiger partial charge in [-0.15, -0.1) is 0 Å². The monoisotopic (exact) mass is 280 g/mol. The Morgan fingerprint density at radius 1 is 1.00 bits per heavy atom. The van der Waals surface area contributed by atoms with Gasteiger partial charge in [0.2, 0.25) is 0 Å². The van der Waals surface area contributed by atoms with E-state index >= 15 is 0 Å². The van der Waals surface area contributed by atoms with Gasteiger partial charge < -0.3 is 11.6 Å². The summed E-state index contributed by atoms with van der Waals surface area (Å²) in [6.45, 7) is 6.22. The molecule has 0 aliphatic rings. The van der Waals surface area contributed by atoms with E-state index in [4.69, 9.17) is 16.6 Å². The third kappa shape index (κ3) is 2.13. The third-order valence-electron chi connectivity index (χ3n) is 3.66. The van der Waals surface area contributed by atoms with Crippen molar-refractivity contribution in [1.82, 2.24) is 9.66 Å². The van der Waals surface area contributed by atoms with Gasteiger partial charge >= 0.3 is 0 Å². The normalized spacial score (nSPS) is 12.0. The highest BCUT2D eigenvalue weighted by Gasteiger charge is 2.25. The summed E-state index contributed by atoms with van der Waals surface area (Å²) >= 11 is 0. The van der Waals surface area contributed by atoms with Gasteiger partial charge in [-0.25, -0.2) is 9.66 Å². The van der Waals surface area contributed by atoms with E-state index in [2.05, 4.69) is 39.0 Å². The molecule has 0 radical (unpaired) electrons. The van der Waals surface area contributed by atoms with Crippen LogP contribution in [-0.2, 0) is 5.41 Å². The molecule has 4 heteroatoms. The van der Waals surface area contributed by atoms with Crippen LogP contribution in [0.4, 0.5) is 5.82 Å². The molecule has 0 saturated carbocycles. The maximum Gasteiger partial charge on any atom is 0.150 e. The number of aromatic nitrogens is 2. The molecule has 2 aromatic carbocycles. The molecule has 108 valence electrons. The Balaban J connectivity index is 2.29. The van der Waals surface area contributed by atoms with Crippen LogP contribution in [0, 0.1) is 0 Å². The number of rotatable bonds is 1. The average Bonchev–Trinajstić information content (AvgIpc) is 2.75. The topological polar surface area (TPSA) is 69.9 Å². The number of nitrogen functional groups attached to an aromatic ring is 2.